The lowest BCUT2D eigenvalue weighted by Crippen LogP contribution is -2.58. The van der Waals surface area contributed by atoms with Gasteiger partial charge in [0.1, 0.15) is 12.3 Å². The minimum atomic E-state index is -1.43. The summed E-state index contributed by atoms with van der Waals surface area (Å²) in [6, 6.07) is -0.606. The van der Waals surface area contributed by atoms with Gasteiger partial charge in [0.05, 0.1) is 18.1 Å². The lowest BCUT2D eigenvalue weighted by Gasteiger charge is -2.43. The predicted molar refractivity (Wildman–Crippen MR) is 110 cm³/mol. The highest BCUT2D eigenvalue weighted by molar-refractivity contribution is 6.00. The zero-order valence-electron chi connectivity index (χ0n) is 18.3. The molecule has 0 bridgehead atoms. The molecule has 2 aliphatic heterocycles. The Morgan fingerprint density at radius 2 is 2.00 bits per heavy atom. The first kappa shape index (κ1) is 23.1. The van der Waals surface area contributed by atoms with Crippen molar-refractivity contribution in [2.24, 2.45) is 11.8 Å². The van der Waals surface area contributed by atoms with Crippen LogP contribution < -0.4 is 16.0 Å². The minimum Gasteiger partial charge on any atom is -0.388 e. The molecule has 2 heterocycles. The summed E-state index contributed by atoms with van der Waals surface area (Å²) < 4.78 is 28.1. The smallest absolute Gasteiger partial charge is 0.247 e. The molecule has 2 fully saturated rings. The highest BCUT2D eigenvalue weighted by Gasteiger charge is 2.44. The first-order chi connectivity index (χ1) is 14.0. The molecule has 3 rings (SSSR count). The fraction of sp³-hybridized carbons (Fsp3) is 0.818. The molecule has 2 amide bonds. The van der Waals surface area contributed by atoms with Crippen molar-refractivity contribution in [1.82, 2.24) is 16.0 Å². The van der Waals surface area contributed by atoms with Crippen molar-refractivity contribution in [2.45, 2.75) is 95.9 Å². The van der Waals surface area contributed by atoms with Crippen molar-refractivity contribution in [3.8, 4) is 0 Å². The zero-order valence-corrected chi connectivity index (χ0v) is 18.3. The van der Waals surface area contributed by atoms with Crippen molar-refractivity contribution >= 4 is 11.8 Å². The van der Waals surface area contributed by atoms with Gasteiger partial charge in [0, 0.05) is 35.9 Å². The molecule has 30 heavy (non-hydrogen) atoms. The minimum absolute atomic E-state index is 0.0628. The van der Waals surface area contributed by atoms with Gasteiger partial charge in [-0.25, -0.2) is 8.78 Å². The number of hydrogen-bond donors (Lipinski definition) is 4. The molecule has 0 spiro atoms. The van der Waals surface area contributed by atoms with E-state index in [1.807, 2.05) is 6.92 Å². The van der Waals surface area contributed by atoms with Crippen LogP contribution in [-0.4, -0.2) is 59.5 Å². The lowest BCUT2D eigenvalue weighted by molar-refractivity contribution is -0.127. The molecule has 170 valence electrons. The molecule has 8 heteroatoms. The fourth-order valence-electron chi connectivity index (χ4n) is 5.47. The van der Waals surface area contributed by atoms with Crippen LogP contribution in [0.5, 0.6) is 0 Å². The molecule has 0 aromatic rings. The third-order valence-electron chi connectivity index (χ3n) is 7.06. The first-order valence-corrected chi connectivity index (χ1v) is 11.0. The van der Waals surface area contributed by atoms with Crippen LogP contribution in [0.25, 0.3) is 0 Å². The first-order valence-electron chi connectivity index (χ1n) is 11.0. The quantitative estimate of drug-likeness (QED) is 0.540. The number of alkyl halides is 2. The van der Waals surface area contributed by atoms with E-state index in [9.17, 15) is 23.5 Å². The van der Waals surface area contributed by atoms with Gasteiger partial charge in [-0.3, -0.25) is 9.59 Å². The molecule has 3 aliphatic rings. The van der Waals surface area contributed by atoms with E-state index in [2.05, 4.69) is 22.9 Å². The summed E-state index contributed by atoms with van der Waals surface area (Å²) in [7, 11) is 0. The van der Waals surface area contributed by atoms with Gasteiger partial charge in [-0.1, -0.05) is 5.57 Å². The number of halogens is 2. The Morgan fingerprint density at radius 3 is 2.63 bits per heavy atom. The van der Waals surface area contributed by atoms with E-state index in [1.165, 1.54) is 13.8 Å². The van der Waals surface area contributed by atoms with E-state index < -0.39 is 35.8 Å². The largest absolute Gasteiger partial charge is 0.388 e. The Kier molecular flexibility index (Phi) is 6.87. The Labute approximate surface area is 177 Å². The van der Waals surface area contributed by atoms with Gasteiger partial charge in [0.15, 0.2) is 0 Å². The van der Waals surface area contributed by atoms with Gasteiger partial charge in [-0.05, 0) is 53.5 Å². The van der Waals surface area contributed by atoms with Crippen molar-refractivity contribution < 1.29 is 23.5 Å². The number of piperidine rings is 1. The van der Waals surface area contributed by atoms with Crippen molar-refractivity contribution in [1.29, 1.82) is 0 Å². The van der Waals surface area contributed by atoms with Crippen LogP contribution in [0.4, 0.5) is 8.78 Å². The molecule has 0 aromatic carbocycles. The number of amides is 2. The SMILES string of the molecule is CC1=C(CC(=O)N[C@@H](C2CCC(F)CC2F)C(C)(C)O)C(=O)NC2CCNC(C)C12. The van der Waals surface area contributed by atoms with Crippen LogP contribution >= 0.6 is 0 Å². The second kappa shape index (κ2) is 8.91. The van der Waals surface area contributed by atoms with E-state index in [0.717, 1.165) is 18.5 Å². The lowest BCUT2D eigenvalue weighted by atomic mass is 9.75. The Hall–Kier alpha value is -1.54. The molecular formula is C22H35F2N3O3. The van der Waals surface area contributed by atoms with Gasteiger partial charge in [-0.2, -0.15) is 0 Å². The molecule has 6 nitrogen and oxygen atoms in total. The fourth-order valence-corrected chi connectivity index (χ4v) is 5.47. The van der Waals surface area contributed by atoms with Crippen molar-refractivity contribution in [3.63, 3.8) is 0 Å². The molecule has 1 saturated heterocycles. The van der Waals surface area contributed by atoms with Crippen molar-refractivity contribution in [3.05, 3.63) is 11.1 Å². The molecule has 0 aromatic heterocycles. The molecular weight excluding hydrogens is 392 g/mol. The summed E-state index contributed by atoms with van der Waals surface area (Å²) >= 11 is 0. The van der Waals surface area contributed by atoms with E-state index in [0.29, 0.717) is 5.57 Å². The summed E-state index contributed by atoms with van der Waals surface area (Å²) in [6.45, 7) is 7.84. The summed E-state index contributed by atoms with van der Waals surface area (Å²) in [4.78, 5) is 25.5. The monoisotopic (exact) mass is 427 g/mol. The third-order valence-corrected chi connectivity index (χ3v) is 7.06. The second-order valence-corrected chi connectivity index (χ2v) is 9.76. The molecule has 4 N–H and O–H groups in total. The van der Waals surface area contributed by atoms with Crippen LogP contribution in [-0.2, 0) is 9.59 Å². The van der Waals surface area contributed by atoms with Gasteiger partial charge < -0.3 is 21.1 Å². The number of fused-ring (bicyclic) bond motifs is 1. The maximum atomic E-state index is 14.6. The van der Waals surface area contributed by atoms with E-state index in [-0.39, 0.29) is 49.6 Å². The van der Waals surface area contributed by atoms with Gasteiger partial charge in [0.25, 0.3) is 0 Å². The number of carbonyl (C=O) groups is 2. The van der Waals surface area contributed by atoms with Crippen LogP contribution in [0.3, 0.4) is 0 Å². The van der Waals surface area contributed by atoms with E-state index in [1.54, 1.807) is 0 Å². The average molecular weight is 428 g/mol. The standard InChI is InChI=1S/C22H35F2N3O3/c1-11-15(21(29)26-17-7-8-25-12(2)19(11)17)10-18(28)27-20(22(3,4)30)14-6-5-13(23)9-16(14)24/h12-14,16-17,19-20,25,30H,5-10H2,1-4H3,(H,26,29)(H,27,28)/t12?,13?,14?,16?,17?,19?,20-/m0/s1. The van der Waals surface area contributed by atoms with Crippen LogP contribution in [0.1, 0.15) is 59.8 Å². The van der Waals surface area contributed by atoms with E-state index >= 15 is 0 Å². The predicted octanol–water partition coefficient (Wildman–Crippen LogP) is 1.92. The summed E-state index contributed by atoms with van der Waals surface area (Å²) in [5.74, 6) is -1.21. The number of hydrogen-bond acceptors (Lipinski definition) is 4. The topological polar surface area (TPSA) is 90.5 Å². The Bertz CT molecular complexity index is 706. The number of carbonyl (C=O) groups excluding carboxylic acids is 2. The van der Waals surface area contributed by atoms with Crippen molar-refractivity contribution in [2.75, 3.05) is 6.54 Å². The molecule has 0 radical (unpaired) electrons. The maximum Gasteiger partial charge on any atom is 0.247 e. The number of nitrogens with one attached hydrogen (secondary N) is 3. The normalized spacial score (nSPS) is 36.0. The molecule has 6 unspecified atom stereocenters. The third kappa shape index (κ3) is 4.85. The Morgan fingerprint density at radius 1 is 1.30 bits per heavy atom. The molecule has 7 atom stereocenters. The van der Waals surface area contributed by atoms with E-state index in [4.69, 9.17) is 0 Å². The average Bonchev–Trinajstić information content (AvgIpc) is 2.62. The van der Waals surface area contributed by atoms with Gasteiger partial charge in [-0.15, -0.1) is 0 Å². The number of aliphatic hydroxyl groups is 1. The summed E-state index contributed by atoms with van der Waals surface area (Å²) in [6.07, 6.45) is -1.65. The van der Waals surface area contributed by atoms with Gasteiger partial charge in [0.2, 0.25) is 11.8 Å². The summed E-state index contributed by atoms with van der Waals surface area (Å²) in [5, 5.41) is 19.8. The van der Waals surface area contributed by atoms with Crippen LogP contribution in [0.15, 0.2) is 11.1 Å². The Balaban J connectivity index is 1.75. The molecule has 1 saturated carbocycles. The molecule has 1 aliphatic carbocycles. The zero-order chi connectivity index (χ0) is 22.2. The van der Waals surface area contributed by atoms with Crippen LogP contribution in [0, 0.1) is 11.8 Å². The second-order valence-electron chi connectivity index (χ2n) is 9.76. The van der Waals surface area contributed by atoms with Gasteiger partial charge >= 0.3 is 0 Å². The number of rotatable bonds is 5. The highest BCUT2D eigenvalue weighted by atomic mass is 19.1. The highest BCUT2D eigenvalue weighted by Crippen LogP contribution is 2.35. The maximum absolute atomic E-state index is 14.6. The van der Waals surface area contributed by atoms with Crippen LogP contribution in [0.2, 0.25) is 0 Å². The summed E-state index contributed by atoms with van der Waals surface area (Å²) in [5.41, 5.74) is -0.0401.